The van der Waals surface area contributed by atoms with Crippen molar-refractivity contribution in [3.63, 3.8) is 0 Å². The monoisotopic (exact) mass is 1090 g/mol. The number of ketones is 1. The molecule has 24 heteroatoms. The summed E-state index contributed by atoms with van der Waals surface area (Å²) in [6.07, 6.45) is -5.62. The Morgan fingerprint density at radius 3 is 2.00 bits per heavy atom. The molecule has 77 heavy (non-hydrogen) atoms. The Bertz CT molecular complexity index is 2070. The van der Waals surface area contributed by atoms with Crippen LogP contribution in [0.1, 0.15) is 136 Å². The average molecular weight is 1090 g/mol. The highest BCUT2D eigenvalue weighted by molar-refractivity contribution is 5.98. The van der Waals surface area contributed by atoms with E-state index in [-0.39, 0.29) is 56.8 Å². The summed E-state index contributed by atoms with van der Waals surface area (Å²) in [5.41, 5.74) is 11.5. The molecule has 16 atom stereocenters. The number of phenols is 1. The molecule has 24 nitrogen and oxygen atoms in total. The highest BCUT2D eigenvalue weighted by Crippen LogP contribution is 2.27. The van der Waals surface area contributed by atoms with E-state index in [0.29, 0.717) is 18.3 Å². The number of nitrogens with two attached hydrogens (primary N) is 2. The fraction of sp³-hybridized carbons (Fsp3) is 0.755. The predicted octanol–water partition coefficient (Wildman–Crippen LogP) is -2.43. The number of Topliss-reactive ketones (excluding diaryl/α,β-unsaturated/α-hetero) is 1. The molecule has 3 heterocycles. The largest absolute Gasteiger partial charge is 0.508 e. The van der Waals surface area contributed by atoms with E-state index in [1.165, 1.54) is 37.6 Å². The molecule has 3 saturated heterocycles. The van der Waals surface area contributed by atoms with Crippen molar-refractivity contribution in [3.8, 4) is 5.75 Å². The van der Waals surface area contributed by atoms with E-state index in [1.54, 1.807) is 0 Å². The lowest BCUT2D eigenvalue weighted by Gasteiger charge is -2.35. The predicted molar refractivity (Wildman–Crippen MR) is 282 cm³/mol. The number of aliphatic hydroxyl groups excluding tert-OH is 7. The Balaban J connectivity index is 1.73. The number of aliphatic hydroxyl groups is 7. The molecule has 0 bridgehead atoms. The zero-order chi connectivity index (χ0) is 57.1. The summed E-state index contributed by atoms with van der Waals surface area (Å²) < 4.78 is 0. The third-order valence-corrected chi connectivity index (χ3v) is 15.2. The fourth-order valence-electron chi connectivity index (χ4n) is 10.5. The summed E-state index contributed by atoms with van der Waals surface area (Å²) in [6, 6.07) is -7.40. The van der Waals surface area contributed by atoms with Gasteiger partial charge in [-0.05, 0) is 68.7 Å². The first-order chi connectivity index (χ1) is 36.5. The van der Waals surface area contributed by atoms with E-state index in [0.717, 1.165) is 54.7 Å². The highest BCUT2D eigenvalue weighted by atomic mass is 16.3. The Morgan fingerprint density at radius 2 is 1.36 bits per heavy atom. The summed E-state index contributed by atoms with van der Waals surface area (Å²) in [5, 5.41) is 102. The third kappa shape index (κ3) is 18.9. The second kappa shape index (κ2) is 31.6. The highest BCUT2D eigenvalue weighted by Gasteiger charge is 2.49. The minimum absolute atomic E-state index is 0.00980. The van der Waals surface area contributed by atoms with Gasteiger partial charge >= 0.3 is 0 Å². The molecule has 0 radical (unpaired) electrons. The van der Waals surface area contributed by atoms with Crippen molar-refractivity contribution in [1.29, 1.82) is 0 Å². The number of nitrogens with zero attached hydrogens (tertiary/aromatic N) is 2. The lowest BCUT2D eigenvalue weighted by molar-refractivity contribution is -0.147. The molecule has 436 valence electrons. The number of hydrogen-bond donors (Lipinski definition) is 15. The molecule has 0 aliphatic carbocycles. The van der Waals surface area contributed by atoms with Crippen LogP contribution in [-0.2, 0) is 33.6 Å². The van der Waals surface area contributed by atoms with Gasteiger partial charge in [0.05, 0.1) is 30.5 Å². The van der Waals surface area contributed by atoms with Gasteiger partial charge in [0.2, 0.25) is 35.4 Å². The molecule has 6 amide bonds. The van der Waals surface area contributed by atoms with Gasteiger partial charge < -0.3 is 88.7 Å². The number of amides is 6. The van der Waals surface area contributed by atoms with Gasteiger partial charge in [-0.15, -0.1) is 0 Å². The van der Waals surface area contributed by atoms with Gasteiger partial charge in [-0.1, -0.05) is 77.8 Å². The summed E-state index contributed by atoms with van der Waals surface area (Å²) in [6.45, 7) is 6.92. The summed E-state index contributed by atoms with van der Waals surface area (Å²) in [7, 11) is 0. The van der Waals surface area contributed by atoms with Crippen LogP contribution in [0.2, 0.25) is 0 Å². The molecule has 3 aliphatic rings. The summed E-state index contributed by atoms with van der Waals surface area (Å²) in [5.74, 6) is -6.05. The standard InChI is InChI=1S/C53H89N9O15/c1-5-29(2)24-30(3)12-10-8-6-7-9-11-13-42(70)57-36-27-40(68)35(56-22-21-55)26-41(69)46-39(67)19-23-61(46)53(77)44(38(66)18-20-54)59-51(75)45(48(72)47(71)32-14-16-33(64)17-15-32)60-50(74)37-25-34(65)28-62(37)52(76)43(31(4)63)58-49(36)73/h14-17,29-31,34-40,43-48,56,63-68,71-72H,5-13,18-28,54-55H2,1-4H3,(H,57,70)(H,58,73)(H,59,75)(H,60,74)/t29?,30?,31-,34+,35-,36-,37-,38+,39-,40+,43-,44-,45-,46-,47-,48-/m0/s1. The van der Waals surface area contributed by atoms with Crippen LogP contribution in [0.25, 0.3) is 0 Å². The van der Waals surface area contributed by atoms with Gasteiger partial charge in [-0.3, -0.25) is 33.6 Å². The molecule has 1 aromatic carbocycles. The van der Waals surface area contributed by atoms with E-state index < -0.39 is 152 Å². The second-order valence-electron chi connectivity index (χ2n) is 21.6. The third-order valence-electron chi connectivity index (χ3n) is 15.2. The van der Waals surface area contributed by atoms with Crippen molar-refractivity contribution in [1.82, 2.24) is 36.4 Å². The minimum atomic E-state index is -2.27. The quantitative estimate of drug-likeness (QED) is 0.0507. The molecule has 1 aromatic rings. The van der Waals surface area contributed by atoms with Crippen LogP contribution in [-0.4, -0.2) is 204 Å². The first-order valence-electron chi connectivity index (χ1n) is 27.6. The maximum absolute atomic E-state index is 14.6. The molecule has 3 fully saturated rings. The lowest BCUT2D eigenvalue weighted by atomic mass is 9.91. The molecule has 0 saturated carbocycles. The van der Waals surface area contributed by atoms with E-state index in [9.17, 15) is 74.4 Å². The van der Waals surface area contributed by atoms with Crippen molar-refractivity contribution in [3.05, 3.63) is 29.8 Å². The fourth-order valence-corrected chi connectivity index (χ4v) is 10.5. The number of unbranched alkanes of at least 4 members (excludes halogenated alkanes) is 5. The zero-order valence-corrected chi connectivity index (χ0v) is 45.2. The topological polar surface area (TPSA) is 400 Å². The van der Waals surface area contributed by atoms with Crippen LogP contribution in [0, 0.1) is 11.8 Å². The lowest BCUT2D eigenvalue weighted by Crippen LogP contribution is -2.64. The number of nitrogens with one attached hydrogen (secondary N) is 5. The molecule has 4 rings (SSSR count). The molecular weight excluding hydrogens is 1000 g/mol. The number of fused-ring (bicyclic) bond motifs is 2. The summed E-state index contributed by atoms with van der Waals surface area (Å²) >= 11 is 0. The van der Waals surface area contributed by atoms with E-state index in [1.807, 2.05) is 0 Å². The van der Waals surface area contributed by atoms with Crippen LogP contribution < -0.4 is 38.1 Å². The number of phenolic OH excluding ortho intramolecular Hbond substituents is 1. The zero-order valence-electron chi connectivity index (χ0n) is 45.2. The van der Waals surface area contributed by atoms with Gasteiger partial charge in [0.1, 0.15) is 54.2 Å². The molecule has 0 spiro atoms. The van der Waals surface area contributed by atoms with Gasteiger partial charge in [-0.2, -0.15) is 0 Å². The van der Waals surface area contributed by atoms with Gasteiger partial charge in [-0.25, -0.2) is 0 Å². The van der Waals surface area contributed by atoms with Gasteiger partial charge in [0, 0.05) is 57.9 Å². The summed E-state index contributed by atoms with van der Waals surface area (Å²) in [4.78, 5) is 102. The van der Waals surface area contributed by atoms with E-state index in [2.05, 4.69) is 47.4 Å². The number of rotatable bonds is 23. The number of carbonyl (C=O) groups excluding carboxylic acids is 7. The first kappa shape index (κ1) is 64.6. The number of aromatic hydroxyl groups is 1. The number of benzene rings is 1. The van der Waals surface area contributed by atoms with Crippen LogP contribution in [0.15, 0.2) is 24.3 Å². The van der Waals surface area contributed by atoms with Crippen molar-refractivity contribution < 1.29 is 74.4 Å². The minimum Gasteiger partial charge on any atom is -0.508 e. The molecule has 2 unspecified atom stereocenters. The number of carbonyl (C=O) groups is 7. The van der Waals surface area contributed by atoms with Crippen LogP contribution in [0.3, 0.4) is 0 Å². The van der Waals surface area contributed by atoms with Crippen LogP contribution in [0.4, 0.5) is 0 Å². The van der Waals surface area contributed by atoms with Crippen molar-refractivity contribution >= 4 is 41.2 Å². The second-order valence-corrected chi connectivity index (χ2v) is 21.6. The first-order valence-corrected chi connectivity index (χ1v) is 27.6. The van der Waals surface area contributed by atoms with Crippen LogP contribution in [0.5, 0.6) is 5.75 Å². The van der Waals surface area contributed by atoms with Gasteiger partial charge in [0.25, 0.3) is 0 Å². The van der Waals surface area contributed by atoms with Gasteiger partial charge in [0.15, 0.2) is 5.78 Å². The Kier molecular flexibility index (Phi) is 26.6. The Hall–Kier alpha value is -4.89. The Morgan fingerprint density at radius 1 is 0.740 bits per heavy atom. The van der Waals surface area contributed by atoms with E-state index >= 15 is 0 Å². The average Bonchev–Trinajstić information content (AvgIpc) is 3.99. The normalized spacial score (nSPS) is 28.7. The smallest absolute Gasteiger partial charge is 0.248 e. The van der Waals surface area contributed by atoms with Crippen molar-refractivity contribution in [2.45, 2.75) is 209 Å². The van der Waals surface area contributed by atoms with E-state index in [4.69, 9.17) is 11.5 Å². The molecule has 0 aromatic heterocycles. The van der Waals surface area contributed by atoms with Crippen LogP contribution >= 0.6 is 0 Å². The maximum atomic E-state index is 14.6. The SMILES string of the molecule is CCC(C)CC(C)CCCCCCCCC(=O)N[C@H]1C[C@@H](O)[C@@H](NCCN)CC(=O)[C@@H]2[C@@H](O)CCN2C(=O)[C@H]([C@H](O)CCN)NC(=O)[C@H]([C@H](O)[C@@H](O)c2ccc(O)cc2)NC(=O)[C@@H]2C[C@@H](O)CN2C(=O)[C@H]([C@H](C)O)NC1=O. The number of hydrogen-bond acceptors (Lipinski definition) is 18. The molecule has 17 N–H and O–H groups in total. The molecular formula is C53H89N9O15. The van der Waals surface area contributed by atoms with Crippen molar-refractivity contribution in [2.24, 2.45) is 23.3 Å². The van der Waals surface area contributed by atoms with Crippen molar-refractivity contribution in [2.75, 3.05) is 32.7 Å². The molecule has 3 aliphatic heterocycles. The Labute approximate surface area is 451 Å². The maximum Gasteiger partial charge on any atom is 0.248 e.